The van der Waals surface area contributed by atoms with Crippen LogP contribution in [0.25, 0.3) is 0 Å². The molecular formula is C10H15BrO. The van der Waals surface area contributed by atoms with Gasteiger partial charge in [0.05, 0.1) is 0 Å². The Morgan fingerprint density at radius 2 is 2.25 bits per heavy atom. The normalized spacial score (nSPS) is 31.4. The quantitative estimate of drug-likeness (QED) is 0.682. The van der Waals surface area contributed by atoms with Crippen molar-refractivity contribution in [3.63, 3.8) is 0 Å². The van der Waals surface area contributed by atoms with Gasteiger partial charge in [0.25, 0.3) is 0 Å². The van der Waals surface area contributed by atoms with Gasteiger partial charge in [-0.15, -0.1) is 0 Å². The van der Waals surface area contributed by atoms with Gasteiger partial charge in [-0.05, 0) is 31.6 Å². The lowest BCUT2D eigenvalue weighted by atomic mass is 9.48. The monoisotopic (exact) mass is 230 g/mol. The Morgan fingerprint density at radius 1 is 1.50 bits per heavy atom. The lowest BCUT2D eigenvalue weighted by Crippen LogP contribution is -2.54. The molecule has 0 N–H and O–H groups in total. The van der Waals surface area contributed by atoms with Crippen molar-refractivity contribution in [1.29, 1.82) is 0 Å². The summed E-state index contributed by atoms with van der Waals surface area (Å²) in [7, 11) is 0. The highest BCUT2D eigenvalue weighted by Crippen LogP contribution is 2.58. The Bertz CT molecular complexity index is 196. The smallest absolute Gasteiger partial charge is 0.139 e. The third-order valence-corrected chi connectivity index (χ3v) is 4.26. The van der Waals surface area contributed by atoms with Crippen LogP contribution in [0.15, 0.2) is 0 Å². The molecule has 0 radical (unpaired) electrons. The van der Waals surface area contributed by atoms with Crippen LogP contribution in [0.4, 0.5) is 0 Å². The molecular weight excluding hydrogens is 216 g/mol. The summed E-state index contributed by atoms with van der Waals surface area (Å²) in [5, 5.41) is 1.09. The Balaban J connectivity index is 1.88. The van der Waals surface area contributed by atoms with Crippen LogP contribution in [0.3, 0.4) is 0 Å². The third kappa shape index (κ3) is 1.07. The summed E-state index contributed by atoms with van der Waals surface area (Å²) in [5.41, 5.74) is 0.210. The Hall–Kier alpha value is 0.150. The predicted octanol–water partition coefficient (Wildman–Crippen LogP) is 2.92. The van der Waals surface area contributed by atoms with Crippen LogP contribution >= 0.6 is 15.9 Å². The molecule has 2 saturated carbocycles. The maximum Gasteiger partial charge on any atom is 0.139 e. The first kappa shape index (κ1) is 8.74. The minimum Gasteiger partial charge on any atom is -0.299 e. The molecule has 0 aromatic heterocycles. The van der Waals surface area contributed by atoms with Gasteiger partial charge >= 0.3 is 0 Å². The molecule has 0 amide bonds. The zero-order valence-corrected chi connectivity index (χ0v) is 8.90. The van der Waals surface area contributed by atoms with E-state index < -0.39 is 0 Å². The Kier molecular flexibility index (Phi) is 2.28. The van der Waals surface area contributed by atoms with E-state index in [1.807, 2.05) is 0 Å². The Morgan fingerprint density at radius 3 is 2.67 bits per heavy atom. The molecule has 0 saturated heterocycles. The van der Waals surface area contributed by atoms with E-state index in [9.17, 15) is 4.79 Å². The largest absolute Gasteiger partial charge is 0.299 e. The first-order chi connectivity index (χ1) is 5.79. The van der Waals surface area contributed by atoms with Crippen LogP contribution in [0, 0.1) is 11.3 Å². The van der Waals surface area contributed by atoms with E-state index in [4.69, 9.17) is 0 Å². The second-order valence-electron chi connectivity index (χ2n) is 4.17. The minimum atomic E-state index is 0.210. The summed E-state index contributed by atoms with van der Waals surface area (Å²) in [4.78, 5) is 11.4. The lowest BCUT2D eigenvalue weighted by Gasteiger charge is -2.54. The number of hydrogen-bond donors (Lipinski definition) is 0. The zero-order chi connectivity index (χ0) is 8.60. The molecule has 12 heavy (non-hydrogen) atoms. The highest BCUT2D eigenvalue weighted by atomic mass is 79.9. The van der Waals surface area contributed by atoms with Gasteiger partial charge in [-0.2, -0.15) is 0 Å². The molecule has 1 nitrogen and oxygen atoms in total. The SMILES string of the molecule is O=C1CC(CCCBr)C12CCC2. The van der Waals surface area contributed by atoms with Crippen LogP contribution in [-0.2, 0) is 4.79 Å². The first-order valence-corrected chi connectivity index (χ1v) is 6.01. The zero-order valence-electron chi connectivity index (χ0n) is 7.31. The van der Waals surface area contributed by atoms with Crippen molar-refractivity contribution < 1.29 is 4.79 Å². The van der Waals surface area contributed by atoms with E-state index in [2.05, 4.69) is 15.9 Å². The molecule has 1 atom stereocenters. The van der Waals surface area contributed by atoms with Crippen molar-refractivity contribution in [2.45, 2.75) is 38.5 Å². The maximum absolute atomic E-state index is 11.4. The fourth-order valence-corrected chi connectivity index (χ4v) is 2.99. The summed E-state index contributed by atoms with van der Waals surface area (Å²) in [6, 6.07) is 0. The molecule has 2 heteroatoms. The Labute approximate surface area is 82.0 Å². The summed E-state index contributed by atoms with van der Waals surface area (Å²) in [6.45, 7) is 0. The van der Waals surface area contributed by atoms with Crippen LogP contribution in [0.2, 0.25) is 0 Å². The van der Waals surface area contributed by atoms with Crippen molar-refractivity contribution in [1.82, 2.24) is 0 Å². The van der Waals surface area contributed by atoms with Gasteiger partial charge in [0.1, 0.15) is 5.78 Å². The summed E-state index contributed by atoms with van der Waals surface area (Å²) < 4.78 is 0. The van der Waals surface area contributed by atoms with E-state index >= 15 is 0 Å². The van der Waals surface area contributed by atoms with E-state index in [1.165, 1.54) is 32.1 Å². The lowest BCUT2D eigenvalue weighted by molar-refractivity contribution is -0.156. The van der Waals surface area contributed by atoms with Crippen LogP contribution in [0.5, 0.6) is 0 Å². The third-order valence-electron chi connectivity index (χ3n) is 3.70. The number of halogens is 1. The maximum atomic E-state index is 11.4. The van der Waals surface area contributed by atoms with E-state index in [0.29, 0.717) is 5.78 Å². The number of carbonyl (C=O) groups is 1. The molecule has 0 aromatic carbocycles. The van der Waals surface area contributed by atoms with Crippen LogP contribution in [-0.4, -0.2) is 11.1 Å². The van der Waals surface area contributed by atoms with Crippen molar-refractivity contribution in [3.8, 4) is 0 Å². The molecule has 0 aromatic rings. The number of carbonyl (C=O) groups excluding carboxylic acids is 1. The van der Waals surface area contributed by atoms with Gasteiger partial charge in [0.15, 0.2) is 0 Å². The molecule has 68 valence electrons. The number of rotatable bonds is 3. The summed E-state index contributed by atoms with van der Waals surface area (Å²) in [6.07, 6.45) is 7.05. The molecule has 0 bridgehead atoms. The van der Waals surface area contributed by atoms with Crippen molar-refractivity contribution in [3.05, 3.63) is 0 Å². The second-order valence-corrected chi connectivity index (χ2v) is 4.96. The van der Waals surface area contributed by atoms with Gasteiger partial charge < -0.3 is 0 Å². The van der Waals surface area contributed by atoms with Crippen molar-refractivity contribution in [2.75, 3.05) is 5.33 Å². The molecule has 2 fully saturated rings. The van der Waals surface area contributed by atoms with Crippen molar-refractivity contribution in [2.24, 2.45) is 11.3 Å². The average molecular weight is 231 g/mol. The van der Waals surface area contributed by atoms with E-state index in [1.54, 1.807) is 0 Å². The van der Waals surface area contributed by atoms with E-state index in [-0.39, 0.29) is 5.41 Å². The minimum absolute atomic E-state index is 0.210. The molecule has 0 aliphatic heterocycles. The van der Waals surface area contributed by atoms with Gasteiger partial charge in [-0.25, -0.2) is 0 Å². The fourth-order valence-electron chi connectivity index (χ4n) is 2.67. The first-order valence-electron chi connectivity index (χ1n) is 4.89. The molecule has 2 rings (SSSR count). The van der Waals surface area contributed by atoms with Crippen LogP contribution < -0.4 is 0 Å². The topological polar surface area (TPSA) is 17.1 Å². The molecule has 1 unspecified atom stereocenters. The standard InChI is InChI=1S/C10H15BrO/c11-6-1-3-8-7-9(12)10(8)4-2-5-10/h8H,1-7H2. The van der Waals surface area contributed by atoms with Crippen LogP contribution in [0.1, 0.15) is 38.5 Å². The number of Topliss-reactive ketones (excluding diaryl/α,β-unsaturated/α-hetero) is 1. The average Bonchev–Trinajstić information content (AvgIpc) is 1.94. The number of alkyl halides is 1. The second kappa shape index (κ2) is 3.13. The van der Waals surface area contributed by atoms with Gasteiger partial charge in [-0.3, -0.25) is 4.79 Å². The fraction of sp³-hybridized carbons (Fsp3) is 0.900. The molecule has 2 aliphatic carbocycles. The van der Waals surface area contributed by atoms with Gasteiger partial charge in [-0.1, -0.05) is 22.4 Å². The highest BCUT2D eigenvalue weighted by molar-refractivity contribution is 9.09. The molecule has 1 spiro atoms. The number of hydrogen-bond acceptors (Lipinski definition) is 1. The summed E-state index contributed by atoms with van der Waals surface area (Å²) in [5.74, 6) is 1.31. The van der Waals surface area contributed by atoms with E-state index in [0.717, 1.165) is 17.7 Å². The van der Waals surface area contributed by atoms with Crippen molar-refractivity contribution >= 4 is 21.7 Å². The van der Waals surface area contributed by atoms with Gasteiger partial charge in [0.2, 0.25) is 0 Å². The molecule has 0 heterocycles. The predicted molar refractivity (Wildman–Crippen MR) is 52.4 cm³/mol. The number of ketones is 1. The van der Waals surface area contributed by atoms with Gasteiger partial charge in [0, 0.05) is 17.2 Å². The summed E-state index contributed by atoms with van der Waals surface area (Å²) >= 11 is 3.44. The highest BCUT2D eigenvalue weighted by Gasteiger charge is 2.56. The molecule has 2 aliphatic rings.